The van der Waals surface area contributed by atoms with Crippen molar-refractivity contribution in [2.45, 2.75) is 20.4 Å². The van der Waals surface area contributed by atoms with Crippen LogP contribution >= 0.6 is 11.6 Å². The van der Waals surface area contributed by atoms with E-state index in [9.17, 15) is 9.59 Å². The molecule has 1 N–H and O–H groups in total. The van der Waals surface area contributed by atoms with Gasteiger partial charge in [-0.1, -0.05) is 41.9 Å². The van der Waals surface area contributed by atoms with Gasteiger partial charge in [0.25, 0.3) is 5.91 Å². The van der Waals surface area contributed by atoms with Crippen LogP contribution in [-0.2, 0) is 6.54 Å². The van der Waals surface area contributed by atoms with Crippen LogP contribution in [0.15, 0.2) is 82.2 Å². The Bertz CT molecular complexity index is 1310. The molecule has 4 aromatic rings. The summed E-state index contributed by atoms with van der Waals surface area (Å²) in [5.74, 6) is 0.239. The number of carbonyl (C=O) groups is 1. The number of rotatable bonds is 5. The maximum absolute atomic E-state index is 13.4. The lowest BCUT2D eigenvalue weighted by atomic mass is 10.0. The van der Waals surface area contributed by atoms with Gasteiger partial charge >= 0.3 is 0 Å². The number of hydrogen-bond donors (Lipinski definition) is 1. The van der Waals surface area contributed by atoms with Crippen molar-refractivity contribution in [3.05, 3.63) is 111 Å². The van der Waals surface area contributed by atoms with Gasteiger partial charge < -0.3 is 14.3 Å². The molecule has 2 aromatic carbocycles. The smallest absolute Gasteiger partial charge is 0.261 e. The van der Waals surface area contributed by atoms with Gasteiger partial charge in [0.1, 0.15) is 11.3 Å². The summed E-state index contributed by atoms with van der Waals surface area (Å²) in [6.07, 6.45) is 1.60. The first-order chi connectivity index (χ1) is 14.9. The number of aryl methyl sites for hydroxylation is 2. The van der Waals surface area contributed by atoms with Crippen molar-refractivity contribution in [1.29, 1.82) is 0 Å². The molecule has 1 amide bonds. The molecule has 0 saturated heterocycles. The zero-order valence-electron chi connectivity index (χ0n) is 17.2. The van der Waals surface area contributed by atoms with Crippen LogP contribution in [0.5, 0.6) is 0 Å². The Morgan fingerprint density at radius 3 is 2.55 bits per heavy atom. The van der Waals surface area contributed by atoms with Crippen LogP contribution in [0, 0.1) is 13.8 Å². The van der Waals surface area contributed by atoms with Crippen molar-refractivity contribution >= 4 is 23.2 Å². The lowest BCUT2D eigenvalue weighted by Crippen LogP contribution is -2.27. The maximum Gasteiger partial charge on any atom is 0.261 e. The van der Waals surface area contributed by atoms with Crippen LogP contribution in [0.1, 0.15) is 27.4 Å². The molecule has 156 valence electrons. The van der Waals surface area contributed by atoms with Gasteiger partial charge in [0.05, 0.1) is 18.5 Å². The third-order valence-corrected chi connectivity index (χ3v) is 5.37. The first-order valence-corrected chi connectivity index (χ1v) is 10.2. The highest BCUT2D eigenvalue weighted by molar-refractivity contribution is 6.30. The largest absolute Gasteiger partial charge is 0.467 e. The van der Waals surface area contributed by atoms with E-state index >= 15 is 0 Å². The Morgan fingerprint density at radius 1 is 1.03 bits per heavy atom. The summed E-state index contributed by atoms with van der Waals surface area (Å²) in [5, 5.41) is 3.40. The molecule has 2 aromatic heterocycles. The summed E-state index contributed by atoms with van der Waals surface area (Å²) in [6, 6.07) is 19.7. The van der Waals surface area contributed by atoms with E-state index in [0.29, 0.717) is 40.0 Å². The van der Waals surface area contributed by atoms with Crippen LogP contribution in [0.3, 0.4) is 0 Å². The molecule has 5 nitrogen and oxygen atoms in total. The molecule has 0 radical (unpaired) electrons. The second-order valence-electron chi connectivity index (χ2n) is 7.32. The number of hydrogen-bond acceptors (Lipinski definition) is 3. The van der Waals surface area contributed by atoms with Crippen LogP contribution in [0.4, 0.5) is 5.69 Å². The third kappa shape index (κ3) is 4.32. The van der Waals surface area contributed by atoms with Crippen molar-refractivity contribution in [3.8, 4) is 11.3 Å². The van der Waals surface area contributed by atoms with E-state index in [1.165, 1.54) is 6.07 Å². The lowest BCUT2D eigenvalue weighted by molar-refractivity contribution is 0.102. The standard InChI is InChI=1S/C25H21ClN2O3/c1-16-7-3-4-11-21(16)27-25(30)23-22(29)13-17(2)28(15-20-10-6-12-31-20)24(23)18-8-5-9-19(26)14-18/h3-14H,15H2,1-2H3,(H,27,30). The van der Waals surface area contributed by atoms with E-state index in [0.717, 1.165) is 5.56 Å². The highest BCUT2D eigenvalue weighted by Gasteiger charge is 2.23. The average molecular weight is 433 g/mol. The molecule has 0 unspecified atom stereocenters. The molecule has 0 fully saturated rings. The predicted octanol–water partition coefficient (Wildman–Crippen LogP) is 5.68. The minimum absolute atomic E-state index is 0.0580. The topological polar surface area (TPSA) is 64.2 Å². The molecule has 6 heteroatoms. The van der Waals surface area contributed by atoms with Gasteiger partial charge in [-0.15, -0.1) is 0 Å². The third-order valence-electron chi connectivity index (χ3n) is 5.13. The summed E-state index contributed by atoms with van der Waals surface area (Å²) in [6.45, 7) is 4.10. The van der Waals surface area contributed by atoms with Crippen LogP contribution < -0.4 is 10.7 Å². The summed E-state index contributed by atoms with van der Waals surface area (Å²) >= 11 is 6.25. The quantitative estimate of drug-likeness (QED) is 0.441. The lowest BCUT2D eigenvalue weighted by Gasteiger charge is -2.20. The first kappa shape index (κ1) is 20.7. The number of anilines is 1. The highest BCUT2D eigenvalue weighted by atomic mass is 35.5. The Hall–Kier alpha value is -3.57. The summed E-state index contributed by atoms with van der Waals surface area (Å²) in [4.78, 5) is 26.4. The zero-order chi connectivity index (χ0) is 22.0. The number of benzene rings is 2. The van der Waals surface area contributed by atoms with Crippen LogP contribution in [0.2, 0.25) is 5.02 Å². The van der Waals surface area contributed by atoms with E-state index in [-0.39, 0.29) is 11.0 Å². The monoisotopic (exact) mass is 432 g/mol. The fraction of sp³-hybridized carbons (Fsp3) is 0.120. The Kier molecular flexibility index (Phi) is 5.78. The highest BCUT2D eigenvalue weighted by Crippen LogP contribution is 2.28. The maximum atomic E-state index is 13.4. The molecule has 0 aliphatic carbocycles. The summed E-state index contributed by atoms with van der Waals surface area (Å²) < 4.78 is 7.42. The molecule has 0 aliphatic rings. The predicted molar refractivity (Wildman–Crippen MR) is 123 cm³/mol. The normalized spacial score (nSPS) is 10.8. The molecule has 0 spiro atoms. The van der Waals surface area contributed by atoms with Gasteiger partial charge in [0, 0.05) is 28.0 Å². The molecule has 0 atom stereocenters. The minimum atomic E-state index is -0.470. The molecular formula is C25H21ClN2O3. The summed E-state index contributed by atoms with van der Waals surface area (Å²) in [7, 11) is 0. The fourth-order valence-electron chi connectivity index (χ4n) is 3.58. The number of amides is 1. The van der Waals surface area contributed by atoms with E-state index in [2.05, 4.69) is 5.32 Å². The van der Waals surface area contributed by atoms with E-state index < -0.39 is 5.91 Å². The zero-order valence-corrected chi connectivity index (χ0v) is 17.9. The fourth-order valence-corrected chi connectivity index (χ4v) is 3.77. The van der Waals surface area contributed by atoms with Crippen LogP contribution in [-0.4, -0.2) is 10.5 Å². The number of aromatic nitrogens is 1. The van der Waals surface area contributed by atoms with Crippen molar-refractivity contribution in [2.24, 2.45) is 0 Å². The molecule has 0 saturated carbocycles. The SMILES string of the molecule is Cc1ccccc1NC(=O)c1c(-c2cccc(Cl)c2)n(Cc2ccco2)c(C)cc1=O. The van der Waals surface area contributed by atoms with Gasteiger partial charge in [-0.3, -0.25) is 9.59 Å². The van der Waals surface area contributed by atoms with Crippen LogP contribution in [0.25, 0.3) is 11.3 Å². The molecular weight excluding hydrogens is 412 g/mol. The molecule has 4 rings (SSSR count). The Balaban J connectivity index is 1.92. The number of nitrogens with one attached hydrogen (secondary N) is 1. The number of carbonyl (C=O) groups excluding carboxylic acids is 1. The minimum Gasteiger partial charge on any atom is -0.467 e. The molecule has 0 bridgehead atoms. The van der Waals surface area contributed by atoms with E-state index in [1.54, 1.807) is 30.5 Å². The number of furan rings is 1. The number of pyridine rings is 1. The van der Waals surface area contributed by atoms with Gasteiger partial charge in [0.2, 0.25) is 0 Å². The van der Waals surface area contributed by atoms with Crippen molar-refractivity contribution in [2.75, 3.05) is 5.32 Å². The number of nitrogens with zero attached hydrogens (tertiary/aromatic N) is 1. The van der Waals surface area contributed by atoms with E-state index in [4.69, 9.17) is 16.0 Å². The summed E-state index contributed by atoms with van der Waals surface area (Å²) in [5.41, 5.74) is 3.15. The van der Waals surface area contributed by atoms with Crippen molar-refractivity contribution < 1.29 is 9.21 Å². The average Bonchev–Trinajstić information content (AvgIpc) is 3.24. The Labute approximate surface area is 184 Å². The molecule has 2 heterocycles. The van der Waals surface area contributed by atoms with Gasteiger partial charge in [-0.05, 0) is 49.7 Å². The van der Waals surface area contributed by atoms with Crippen molar-refractivity contribution in [1.82, 2.24) is 4.57 Å². The van der Waals surface area contributed by atoms with Gasteiger partial charge in [-0.25, -0.2) is 0 Å². The van der Waals surface area contributed by atoms with E-state index in [1.807, 2.05) is 54.8 Å². The number of halogens is 1. The van der Waals surface area contributed by atoms with Gasteiger partial charge in [-0.2, -0.15) is 0 Å². The number of para-hydroxylation sites is 1. The molecule has 31 heavy (non-hydrogen) atoms. The first-order valence-electron chi connectivity index (χ1n) is 9.84. The van der Waals surface area contributed by atoms with Gasteiger partial charge in [0.15, 0.2) is 5.43 Å². The second-order valence-corrected chi connectivity index (χ2v) is 7.75. The molecule has 0 aliphatic heterocycles. The Morgan fingerprint density at radius 2 is 1.84 bits per heavy atom. The van der Waals surface area contributed by atoms with Crippen molar-refractivity contribution in [3.63, 3.8) is 0 Å². The second kappa shape index (κ2) is 8.66.